The Morgan fingerprint density at radius 2 is 1.36 bits per heavy atom. The van der Waals surface area contributed by atoms with Gasteiger partial charge in [0, 0.05) is 21.8 Å². The maximum absolute atomic E-state index is 12.7. The minimum atomic E-state index is -0.367. The SMILES string of the molecule is O=C1N=C(c2cc3ccccc3[nH]2)c2c(O)[nH]c(-c3cc4ccccc4[nH]3)c21. The van der Waals surface area contributed by atoms with Crippen molar-refractivity contribution < 1.29 is 9.90 Å². The van der Waals surface area contributed by atoms with Gasteiger partial charge in [-0.25, -0.2) is 4.99 Å². The van der Waals surface area contributed by atoms with E-state index < -0.39 is 0 Å². The molecule has 5 aromatic rings. The zero-order chi connectivity index (χ0) is 18.8. The molecule has 0 bridgehead atoms. The summed E-state index contributed by atoms with van der Waals surface area (Å²) in [6.07, 6.45) is 0. The Labute approximate surface area is 158 Å². The number of aliphatic imine (C=N–C) groups is 1. The fourth-order valence-electron chi connectivity index (χ4n) is 3.95. The van der Waals surface area contributed by atoms with Crippen LogP contribution in [0.3, 0.4) is 0 Å². The first kappa shape index (κ1) is 15.0. The highest BCUT2D eigenvalue weighted by Crippen LogP contribution is 2.38. The molecule has 134 valence electrons. The molecule has 0 aliphatic carbocycles. The highest BCUT2D eigenvalue weighted by atomic mass is 16.3. The van der Waals surface area contributed by atoms with E-state index in [-0.39, 0.29) is 11.8 Å². The second kappa shape index (κ2) is 5.23. The number of carbonyl (C=O) groups is 1. The summed E-state index contributed by atoms with van der Waals surface area (Å²) >= 11 is 0. The van der Waals surface area contributed by atoms with Gasteiger partial charge in [-0.05, 0) is 24.3 Å². The van der Waals surface area contributed by atoms with Crippen LogP contribution in [-0.4, -0.2) is 31.7 Å². The number of para-hydroxylation sites is 2. The van der Waals surface area contributed by atoms with Gasteiger partial charge in [0.25, 0.3) is 5.91 Å². The van der Waals surface area contributed by atoms with Crippen LogP contribution in [0.5, 0.6) is 5.88 Å². The molecule has 0 fully saturated rings. The van der Waals surface area contributed by atoms with Crippen molar-refractivity contribution in [2.24, 2.45) is 4.99 Å². The molecule has 6 heteroatoms. The molecule has 0 saturated heterocycles. The maximum atomic E-state index is 12.7. The van der Waals surface area contributed by atoms with Crippen molar-refractivity contribution in [1.29, 1.82) is 0 Å². The molecular formula is C22H14N4O2. The zero-order valence-corrected chi connectivity index (χ0v) is 14.6. The third-order valence-corrected chi connectivity index (χ3v) is 5.23. The van der Waals surface area contributed by atoms with Gasteiger partial charge in [0.2, 0.25) is 0 Å². The average molecular weight is 366 g/mol. The molecule has 0 atom stereocenters. The summed E-state index contributed by atoms with van der Waals surface area (Å²) in [5.74, 6) is -0.430. The molecule has 4 heterocycles. The predicted octanol–water partition coefficient (Wildman–Crippen LogP) is 4.34. The average Bonchev–Trinajstić information content (AvgIpc) is 3.44. The molecule has 1 aliphatic rings. The minimum absolute atomic E-state index is 0.0630. The molecule has 0 radical (unpaired) electrons. The van der Waals surface area contributed by atoms with E-state index in [2.05, 4.69) is 19.9 Å². The number of aromatic nitrogens is 3. The van der Waals surface area contributed by atoms with Crippen molar-refractivity contribution >= 4 is 33.4 Å². The lowest BCUT2D eigenvalue weighted by Gasteiger charge is -1.97. The van der Waals surface area contributed by atoms with Crippen LogP contribution < -0.4 is 0 Å². The number of nitrogens with zero attached hydrogens (tertiary/aromatic N) is 1. The van der Waals surface area contributed by atoms with Crippen LogP contribution in [0, 0.1) is 0 Å². The number of hydrogen-bond donors (Lipinski definition) is 4. The standard InChI is InChI=1S/C22H14N4O2/c27-21-17-18(20(26-21)16-10-12-6-2-4-8-14(12)24-16)22(28)25-19(17)15-9-11-5-1-3-7-13(11)23-15/h1-10,23-25,28H. The third kappa shape index (κ3) is 1.97. The fraction of sp³-hybridized carbons (Fsp3) is 0. The number of hydrogen-bond acceptors (Lipinski definition) is 2. The van der Waals surface area contributed by atoms with Crippen molar-refractivity contribution in [3.8, 4) is 17.3 Å². The van der Waals surface area contributed by atoms with E-state index in [1.807, 2.05) is 60.7 Å². The van der Waals surface area contributed by atoms with E-state index in [9.17, 15) is 9.90 Å². The Morgan fingerprint density at radius 1 is 0.750 bits per heavy atom. The van der Waals surface area contributed by atoms with E-state index in [0.29, 0.717) is 28.2 Å². The number of amides is 1. The quantitative estimate of drug-likeness (QED) is 0.374. The number of carbonyl (C=O) groups excluding carboxylic acids is 1. The Balaban J connectivity index is 1.54. The van der Waals surface area contributed by atoms with Crippen LogP contribution in [-0.2, 0) is 0 Å². The lowest BCUT2D eigenvalue weighted by Crippen LogP contribution is -1.99. The normalized spacial score (nSPS) is 13.4. The summed E-state index contributed by atoms with van der Waals surface area (Å²) < 4.78 is 0. The van der Waals surface area contributed by atoms with Crippen LogP contribution in [0.4, 0.5) is 0 Å². The molecule has 28 heavy (non-hydrogen) atoms. The van der Waals surface area contributed by atoms with Crippen molar-refractivity contribution in [2.75, 3.05) is 0 Å². The molecule has 0 unspecified atom stereocenters. The largest absolute Gasteiger partial charge is 0.494 e. The van der Waals surface area contributed by atoms with E-state index >= 15 is 0 Å². The summed E-state index contributed by atoms with van der Waals surface area (Å²) in [5.41, 5.74) is 5.17. The molecule has 6 rings (SSSR count). The Bertz CT molecular complexity index is 1380. The van der Waals surface area contributed by atoms with Crippen LogP contribution >= 0.6 is 0 Å². The van der Waals surface area contributed by atoms with E-state index in [1.54, 1.807) is 0 Å². The van der Waals surface area contributed by atoms with Gasteiger partial charge in [0.05, 0.1) is 28.2 Å². The lowest BCUT2D eigenvalue weighted by molar-refractivity contribution is 0.101. The second-order valence-corrected chi connectivity index (χ2v) is 6.90. The summed E-state index contributed by atoms with van der Waals surface area (Å²) in [6.45, 7) is 0. The first-order valence-electron chi connectivity index (χ1n) is 8.93. The number of nitrogens with one attached hydrogen (secondary N) is 3. The van der Waals surface area contributed by atoms with Gasteiger partial charge < -0.3 is 20.1 Å². The van der Waals surface area contributed by atoms with Gasteiger partial charge >= 0.3 is 0 Å². The summed E-state index contributed by atoms with van der Waals surface area (Å²) in [7, 11) is 0. The van der Waals surface area contributed by atoms with Crippen molar-refractivity contribution in [3.05, 3.63) is 77.5 Å². The highest BCUT2D eigenvalue weighted by molar-refractivity contribution is 6.30. The second-order valence-electron chi connectivity index (χ2n) is 6.90. The van der Waals surface area contributed by atoms with E-state index in [4.69, 9.17) is 0 Å². The predicted molar refractivity (Wildman–Crippen MR) is 108 cm³/mol. The number of rotatable bonds is 2. The molecule has 0 spiro atoms. The zero-order valence-electron chi connectivity index (χ0n) is 14.6. The van der Waals surface area contributed by atoms with Crippen molar-refractivity contribution in [3.63, 3.8) is 0 Å². The number of benzene rings is 2. The molecular weight excluding hydrogens is 352 g/mol. The minimum Gasteiger partial charge on any atom is -0.494 e. The molecule has 6 nitrogen and oxygen atoms in total. The van der Waals surface area contributed by atoms with Crippen LogP contribution in [0.1, 0.15) is 21.6 Å². The van der Waals surface area contributed by atoms with Crippen molar-refractivity contribution in [2.45, 2.75) is 0 Å². The summed E-state index contributed by atoms with van der Waals surface area (Å²) in [5, 5.41) is 12.6. The first-order valence-corrected chi connectivity index (χ1v) is 8.93. The van der Waals surface area contributed by atoms with Crippen molar-refractivity contribution in [1.82, 2.24) is 15.0 Å². The van der Waals surface area contributed by atoms with Gasteiger partial charge in [-0.1, -0.05) is 36.4 Å². The number of fused-ring (bicyclic) bond motifs is 3. The van der Waals surface area contributed by atoms with E-state index in [0.717, 1.165) is 27.5 Å². The molecule has 2 aromatic carbocycles. The Morgan fingerprint density at radius 3 is 2.04 bits per heavy atom. The maximum Gasteiger partial charge on any atom is 0.280 e. The van der Waals surface area contributed by atoms with Gasteiger partial charge in [-0.2, -0.15) is 0 Å². The lowest BCUT2D eigenvalue weighted by atomic mass is 10.1. The fourth-order valence-corrected chi connectivity index (χ4v) is 3.95. The monoisotopic (exact) mass is 366 g/mol. The number of aromatic amines is 3. The number of aromatic hydroxyl groups is 1. The molecule has 1 aliphatic heterocycles. The smallest absolute Gasteiger partial charge is 0.280 e. The number of H-pyrrole nitrogens is 3. The topological polar surface area (TPSA) is 97.0 Å². The molecule has 4 N–H and O–H groups in total. The first-order chi connectivity index (χ1) is 13.7. The molecule has 0 saturated carbocycles. The van der Waals surface area contributed by atoms with Gasteiger partial charge in [-0.3, -0.25) is 4.79 Å². The molecule has 3 aromatic heterocycles. The van der Waals surface area contributed by atoms with Crippen LogP contribution in [0.2, 0.25) is 0 Å². The van der Waals surface area contributed by atoms with Gasteiger partial charge in [-0.15, -0.1) is 0 Å². The Kier molecular flexibility index (Phi) is 2.81. The van der Waals surface area contributed by atoms with E-state index in [1.165, 1.54) is 0 Å². The Hall–Kier alpha value is -4.06. The van der Waals surface area contributed by atoms with Gasteiger partial charge in [0.1, 0.15) is 5.71 Å². The summed E-state index contributed by atoms with van der Waals surface area (Å²) in [6, 6.07) is 19.6. The summed E-state index contributed by atoms with van der Waals surface area (Å²) in [4.78, 5) is 26.5. The highest BCUT2D eigenvalue weighted by Gasteiger charge is 2.34. The van der Waals surface area contributed by atoms with Gasteiger partial charge in [0.15, 0.2) is 5.88 Å². The molecule has 1 amide bonds. The van der Waals surface area contributed by atoms with Crippen LogP contribution in [0.15, 0.2) is 65.7 Å². The third-order valence-electron chi connectivity index (χ3n) is 5.23. The van der Waals surface area contributed by atoms with Crippen LogP contribution in [0.25, 0.3) is 33.2 Å².